The lowest BCUT2D eigenvalue weighted by Gasteiger charge is -2.20. The summed E-state index contributed by atoms with van der Waals surface area (Å²) in [5, 5.41) is 10.6. The van der Waals surface area contributed by atoms with E-state index in [1.54, 1.807) is 42.5 Å². The van der Waals surface area contributed by atoms with Crippen LogP contribution >= 0.6 is 11.7 Å². The van der Waals surface area contributed by atoms with Crippen LogP contribution in [0.25, 0.3) is 16.6 Å². The topological polar surface area (TPSA) is 126 Å². The van der Waals surface area contributed by atoms with Crippen molar-refractivity contribution in [2.75, 3.05) is 28.4 Å². The summed E-state index contributed by atoms with van der Waals surface area (Å²) in [6.45, 7) is 0. The summed E-state index contributed by atoms with van der Waals surface area (Å²) in [6.07, 6.45) is 4.07. The van der Waals surface area contributed by atoms with Crippen LogP contribution in [-0.2, 0) is 11.2 Å². The summed E-state index contributed by atoms with van der Waals surface area (Å²) in [7, 11) is 5.99. The molecule has 0 bridgehead atoms. The summed E-state index contributed by atoms with van der Waals surface area (Å²) in [6, 6.07) is 13.2. The first-order chi connectivity index (χ1) is 20.9. The lowest BCUT2D eigenvalue weighted by Crippen LogP contribution is -2.15. The van der Waals surface area contributed by atoms with E-state index < -0.39 is 11.8 Å². The summed E-state index contributed by atoms with van der Waals surface area (Å²) in [5.74, 6) is 0.237. The molecule has 1 heterocycles. The number of aliphatic carboxylic acids is 1. The number of carboxylic acid groups (broad SMARTS) is 1. The van der Waals surface area contributed by atoms with Crippen molar-refractivity contribution >= 4 is 40.1 Å². The van der Waals surface area contributed by atoms with Crippen LogP contribution in [0.1, 0.15) is 47.2 Å². The Morgan fingerprint density at radius 1 is 0.837 bits per heavy atom. The summed E-state index contributed by atoms with van der Waals surface area (Å²) >= 11 is 1.03. The Balaban J connectivity index is 1.69. The van der Waals surface area contributed by atoms with Crippen molar-refractivity contribution < 1.29 is 38.4 Å². The fourth-order valence-electron chi connectivity index (χ4n) is 5.33. The molecule has 1 fully saturated rings. The maximum Gasteiger partial charge on any atom is 0.336 e. The number of carbonyl (C=O) groups excluding carboxylic acids is 1. The van der Waals surface area contributed by atoms with Crippen molar-refractivity contribution in [2.45, 2.75) is 38.2 Å². The third-order valence-electron chi connectivity index (χ3n) is 7.47. The van der Waals surface area contributed by atoms with Gasteiger partial charge in [-0.3, -0.25) is 4.79 Å². The SMILES string of the molecule is COc1ccc(OC)c(C(=O)C(Cc2cc(OC)c(OC3CCCC3)c(OC)c2)=C(C(=O)O)c2ccc3nsnc3c2)c1. The number of methoxy groups -OCH3 is 4. The Labute approximate surface area is 253 Å². The maximum atomic E-state index is 14.4. The first-order valence-corrected chi connectivity index (χ1v) is 14.5. The molecule has 0 aliphatic heterocycles. The first-order valence-electron chi connectivity index (χ1n) is 13.7. The molecular weight excluding hydrogens is 572 g/mol. The Kier molecular flexibility index (Phi) is 9.10. The molecule has 0 unspecified atom stereocenters. The molecule has 43 heavy (non-hydrogen) atoms. The molecule has 11 heteroatoms. The van der Waals surface area contributed by atoms with Gasteiger partial charge in [0.2, 0.25) is 5.75 Å². The maximum absolute atomic E-state index is 14.4. The number of ketones is 1. The van der Waals surface area contributed by atoms with Crippen LogP contribution < -0.4 is 23.7 Å². The minimum atomic E-state index is -1.27. The number of benzene rings is 3. The molecule has 4 aromatic rings. The van der Waals surface area contributed by atoms with E-state index in [4.69, 9.17) is 23.7 Å². The van der Waals surface area contributed by atoms with Crippen LogP contribution in [0.15, 0.2) is 54.1 Å². The van der Waals surface area contributed by atoms with E-state index in [1.807, 2.05) is 0 Å². The number of aromatic nitrogens is 2. The largest absolute Gasteiger partial charge is 0.497 e. The number of allylic oxidation sites excluding steroid dienone is 1. The molecule has 224 valence electrons. The standard InChI is InChI=1S/C32H32N2O8S/c1-38-21-10-12-26(39-2)22(17-21)30(35)23(29(32(36)37)19-9-11-24-25(16-19)34-43-33-24)13-18-14-27(40-3)31(28(15-18)41-4)42-20-7-5-6-8-20/h9-12,14-17,20H,5-8,13H2,1-4H3,(H,36,37). The van der Waals surface area contributed by atoms with Gasteiger partial charge in [0.1, 0.15) is 22.5 Å². The zero-order chi connectivity index (χ0) is 30.5. The zero-order valence-corrected chi connectivity index (χ0v) is 25.2. The van der Waals surface area contributed by atoms with Crippen LogP contribution in [-0.4, -0.2) is 60.1 Å². The van der Waals surface area contributed by atoms with Gasteiger partial charge in [-0.1, -0.05) is 6.07 Å². The quantitative estimate of drug-likeness (QED) is 0.152. The molecular formula is C32H32N2O8S. The smallest absolute Gasteiger partial charge is 0.336 e. The second kappa shape index (κ2) is 13.1. The fourth-order valence-corrected chi connectivity index (χ4v) is 5.85. The summed E-state index contributed by atoms with van der Waals surface area (Å²) in [5.41, 5.74) is 2.08. The van der Waals surface area contributed by atoms with Gasteiger partial charge in [-0.25, -0.2) is 4.79 Å². The Morgan fingerprint density at radius 2 is 1.51 bits per heavy atom. The number of fused-ring (bicyclic) bond motifs is 1. The van der Waals surface area contributed by atoms with Crippen molar-refractivity contribution in [3.63, 3.8) is 0 Å². The molecule has 0 spiro atoms. The third kappa shape index (κ3) is 6.26. The lowest BCUT2D eigenvalue weighted by molar-refractivity contribution is -0.130. The minimum Gasteiger partial charge on any atom is -0.497 e. The minimum absolute atomic E-state index is 0.0233. The normalized spacial score (nSPS) is 13.9. The van der Waals surface area contributed by atoms with Crippen LogP contribution in [0, 0.1) is 0 Å². The highest BCUT2D eigenvalue weighted by Gasteiger charge is 2.28. The van der Waals surface area contributed by atoms with E-state index in [0.29, 0.717) is 45.2 Å². The van der Waals surface area contributed by atoms with Gasteiger partial charge < -0.3 is 28.8 Å². The number of carboxylic acids is 1. The van der Waals surface area contributed by atoms with E-state index in [1.165, 1.54) is 34.5 Å². The Hall–Kier alpha value is -4.64. The van der Waals surface area contributed by atoms with Crippen LogP contribution in [0.2, 0.25) is 0 Å². The monoisotopic (exact) mass is 604 g/mol. The van der Waals surface area contributed by atoms with E-state index in [9.17, 15) is 14.7 Å². The molecule has 1 aliphatic carbocycles. The van der Waals surface area contributed by atoms with E-state index in [-0.39, 0.29) is 35.0 Å². The number of hydrogen-bond acceptors (Lipinski definition) is 10. The first kappa shape index (κ1) is 29.8. The van der Waals surface area contributed by atoms with Gasteiger partial charge in [-0.15, -0.1) is 0 Å². The zero-order valence-electron chi connectivity index (χ0n) is 24.3. The molecule has 1 aliphatic rings. The molecule has 1 saturated carbocycles. The predicted molar refractivity (Wildman–Crippen MR) is 162 cm³/mol. The van der Waals surface area contributed by atoms with Crippen molar-refractivity contribution in [3.8, 4) is 28.7 Å². The molecule has 10 nitrogen and oxygen atoms in total. The fraction of sp³-hybridized carbons (Fsp3) is 0.312. The lowest BCUT2D eigenvalue weighted by atomic mass is 9.88. The van der Waals surface area contributed by atoms with Gasteiger partial charge in [-0.2, -0.15) is 8.75 Å². The number of rotatable bonds is 12. The molecule has 0 atom stereocenters. The van der Waals surface area contributed by atoms with Crippen molar-refractivity contribution in [2.24, 2.45) is 0 Å². The summed E-state index contributed by atoms with van der Waals surface area (Å²) in [4.78, 5) is 27.3. The van der Waals surface area contributed by atoms with Gasteiger partial charge in [-0.05, 0) is 79.3 Å². The molecule has 1 aromatic heterocycles. The summed E-state index contributed by atoms with van der Waals surface area (Å²) < 4.78 is 37.0. The highest BCUT2D eigenvalue weighted by Crippen LogP contribution is 2.42. The Morgan fingerprint density at radius 3 is 2.14 bits per heavy atom. The molecule has 3 aromatic carbocycles. The number of Topliss-reactive ketones (excluding diaryl/α,β-unsaturated/α-hetero) is 1. The third-order valence-corrected chi connectivity index (χ3v) is 8.03. The van der Waals surface area contributed by atoms with Crippen molar-refractivity contribution in [3.05, 3.63) is 70.8 Å². The highest BCUT2D eigenvalue weighted by molar-refractivity contribution is 7.00. The Bertz CT molecular complexity index is 1660. The van der Waals surface area contributed by atoms with E-state index >= 15 is 0 Å². The second-order valence-corrected chi connectivity index (χ2v) is 10.6. The average molecular weight is 605 g/mol. The van der Waals surface area contributed by atoms with Crippen LogP contribution in [0.5, 0.6) is 28.7 Å². The average Bonchev–Trinajstić information content (AvgIpc) is 3.72. The number of nitrogens with zero attached hydrogens (tertiary/aromatic N) is 2. The van der Waals surface area contributed by atoms with Gasteiger partial charge in [0.15, 0.2) is 17.3 Å². The predicted octanol–water partition coefficient (Wildman–Crippen LogP) is 6.01. The highest BCUT2D eigenvalue weighted by atomic mass is 32.1. The van der Waals surface area contributed by atoms with Gasteiger partial charge in [0.25, 0.3) is 0 Å². The number of carbonyl (C=O) groups is 2. The van der Waals surface area contributed by atoms with Crippen molar-refractivity contribution in [1.82, 2.24) is 8.75 Å². The molecule has 5 rings (SSSR count). The molecule has 0 amide bonds. The van der Waals surface area contributed by atoms with Crippen LogP contribution in [0.3, 0.4) is 0 Å². The van der Waals surface area contributed by atoms with Crippen molar-refractivity contribution in [1.29, 1.82) is 0 Å². The second-order valence-electron chi connectivity index (χ2n) is 10.1. The van der Waals surface area contributed by atoms with Gasteiger partial charge in [0, 0.05) is 12.0 Å². The molecule has 1 N–H and O–H groups in total. The molecule has 0 saturated heterocycles. The van der Waals surface area contributed by atoms with E-state index in [2.05, 4.69) is 8.75 Å². The van der Waals surface area contributed by atoms with Gasteiger partial charge in [0.05, 0.1) is 57.4 Å². The van der Waals surface area contributed by atoms with Crippen LogP contribution in [0.4, 0.5) is 0 Å². The van der Waals surface area contributed by atoms with E-state index in [0.717, 1.165) is 37.4 Å². The molecule has 0 radical (unpaired) electrons. The number of ether oxygens (including phenoxy) is 5. The van der Waals surface area contributed by atoms with Gasteiger partial charge >= 0.3 is 5.97 Å². The number of hydrogen-bond donors (Lipinski definition) is 1.